The van der Waals surface area contributed by atoms with Crippen molar-refractivity contribution in [3.63, 3.8) is 0 Å². The van der Waals surface area contributed by atoms with Crippen LogP contribution in [0.3, 0.4) is 0 Å². The Bertz CT molecular complexity index is 757. The third-order valence-electron chi connectivity index (χ3n) is 3.67. The van der Waals surface area contributed by atoms with E-state index >= 15 is 0 Å². The van der Waals surface area contributed by atoms with E-state index in [1.165, 1.54) is 6.07 Å². The topological polar surface area (TPSA) is 139 Å². The van der Waals surface area contributed by atoms with Crippen LogP contribution in [0.1, 0.15) is 24.9 Å². The minimum atomic E-state index is -3.95. The summed E-state index contributed by atoms with van der Waals surface area (Å²) in [5, 5.41) is 19.4. The highest BCUT2D eigenvalue weighted by atomic mass is 32.3. The molecule has 0 fully saturated rings. The number of fused-ring (bicyclic) bond motifs is 1. The molecule has 0 spiro atoms. The maximum Gasteiger partial charge on any atom is 0.247 e. The molecule has 2 unspecified atom stereocenters. The lowest BCUT2D eigenvalue weighted by Crippen LogP contribution is -2.41. The lowest BCUT2D eigenvalue weighted by molar-refractivity contribution is 0.291. The molecule has 0 amide bonds. The summed E-state index contributed by atoms with van der Waals surface area (Å²) in [5.41, 5.74) is 0.472. The minimum absolute atomic E-state index is 0.0644. The van der Waals surface area contributed by atoms with Crippen LogP contribution in [0.25, 0.3) is 0 Å². The Morgan fingerprint density at radius 2 is 2.17 bits per heavy atom. The molecule has 1 aromatic heterocycles. The van der Waals surface area contributed by atoms with Crippen molar-refractivity contribution in [2.75, 3.05) is 26.2 Å². The van der Waals surface area contributed by atoms with Gasteiger partial charge in [-0.2, -0.15) is 0 Å². The van der Waals surface area contributed by atoms with Gasteiger partial charge in [0.15, 0.2) is 9.84 Å². The summed E-state index contributed by atoms with van der Waals surface area (Å²) in [5.74, 6) is 0. The van der Waals surface area contributed by atoms with Crippen LogP contribution in [0, 0.1) is 0 Å². The molecule has 0 saturated heterocycles. The number of hydrogen-bond acceptors (Lipinski definition) is 8. The van der Waals surface area contributed by atoms with Gasteiger partial charge in [-0.25, -0.2) is 22.0 Å². The highest BCUT2D eigenvalue weighted by molar-refractivity contribution is 7.95. The summed E-state index contributed by atoms with van der Waals surface area (Å²) in [6.45, 7) is 2.95. The fraction of sp³-hybridized carbons (Fsp3) is 0.667. The number of hydrogen-bond donors (Lipinski definition) is 4. The van der Waals surface area contributed by atoms with Crippen molar-refractivity contribution in [1.29, 1.82) is 0 Å². The summed E-state index contributed by atoms with van der Waals surface area (Å²) in [4.78, 5) is 0. The van der Waals surface area contributed by atoms with Crippen molar-refractivity contribution in [3.8, 4) is 0 Å². The Kier molecular flexibility index (Phi) is 5.82. The molecular weight excluding hydrogens is 362 g/mol. The van der Waals surface area contributed by atoms with Crippen LogP contribution < -0.4 is 15.8 Å². The zero-order valence-electron chi connectivity index (χ0n) is 12.6. The number of nitrogens with two attached hydrogens (primary N) is 1. The molecule has 0 saturated carbocycles. The smallest absolute Gasteiger partial charge is 0.247 e. The highest BCUT2D eigenvalue weighted by Gasteiger charge is 2.41. The zero-order valence-corrected chi connectivity index (χ0v) is 15.1. The number of primary sulfonamides is 1. The van der Waals surface area contributed by atoms with E-state index in [4.69, 9.17) is 10.2 Å². The van der Waals surface area contributed by atoms with Crippen molar-refractivity contribution in [1.82, 2.24) is 10.6 Å². The van der Waals surface area contributed by atoms with Gasteiger partial charge in [0, 0.05) is 24.7 Å². The second-order valence-corrected chi connectivity index (χ2v) is 10.6. The predicted octanol–water partition coefficient (Wildman–Crippen LogP) is -0.826. The van der Waals surface area contributed by atoms with E-state index in [1.54, 1.807) is 0 Å². The lowest BCUT2D eigenvalue weighted by Gasteiger charge is -2.29. The van der Waals surface area contributed by atoms with Crippen molar-refractivity contribution < 1.29 is 21.9 Å². The van der Waals surface area contributed by atoms with Crippen LogP contribution in [-0.2, 0) is 19.9 Å². The Balaban J connectivity index is 2.44. The van der Waals surface area contributed by atoms with Gasteiger partial charge >= 0.3 is 0 Å². The fourth-order valence-corrected chi connectivity index (χ4v) is 7.22. The molecule has 2 heterocycles. The Morgan fingerprint density at radius 3 is 2.74 bits per heavy atom. The standard InChI is InChI=1S/C12H21N3O5S3/c1-2-15-10-5-8(7-14-3-4-16)22(17,18)12-9(10)6-11(21-12)23(13,19)20/h6,8,10,14-16H,2-5,7H2,1H3,(H2,13,19,20). The van der Waals surface area contributed by atoms with Crippen LogP contribution in [-0.4, -0.2) is 53.4 Å². The van der Waals surface area contributed by atoms with E-state index in [0.29, 0.717) is 36.4 Å². The van der Waals surface area contributed by atoms with Crippen molar-refractivity contribution in [3.05, 3.63) is 11.6 Å². The molecule has 23 heavy (non-hydrogen) atoms. The van der Waals surface area contributed by atoms with E-state index in [1.807, 2.05) is 6.92 Å². The zero-order chi connectivity index (χ0) is 17.3. The molecule has 1 aliphatic heterocycles. The van der Waals surface area contributed by atoms with Crippen molar-refractivity contribution in [2.45, 2.75) is 33.1 Å². The van der Waals surface area contributed by atoms with E-state index in [0.717, 1.165) is 0 Å². The number of rotatable bonds is 7. The third kappa shape index (κ3) is 3.92. The monoisotopic (exact) mass is 383 g/mol. The van der Waals surface area contributed by atoms with Crippen LogP contribution in [0.15, 0.2) is 14.5 Å². The lowest BCUT2D eigenvalue weighted by atomic mass is 10.0. The minimum Gasteiger partial charge on any atom is -0.395 e. The number of aliphatic hydroxyl groups excluding tert-OH is 1. The van der Waals surface area contributed by atoms with E-state index in [2.05, 4.69) is 10.6 Å². The molecule has 0 bridgehead atoms. The molecular formula is C12H21N3O5S3. The molecule has 2 rings (SSSR count). The molecule has 11 heteroatoms. The molecule has 1 aromatic rings. The van der Waals surface area contributed by atoms with Crippen LogP contribution in [0.5, 0.6) is 0 Å². The van der Waals surface area contributed by atoms with E-state index < -0.39 is 25.1 Å². The average molecular weight is 384 g/mol. The number of sulfone groups is 1. The summed E-state index contributed by atoms with van der Waals surface area (Å²) in [6.07, 6.45) is 0.336. The Morgan fingerprint density at radius 1 is 1.48 bits per heavy atom. The first-order valence-corrected chi connectivity index (χ1v) is 11.1. The molecule has 132 valence electrons. The number of sulfonamides is 1. The number of aliphatic hydroxyl groups is 1. The Hall–Kier alpha value is -0.560. The van der Waals surface area contributed by atoms with Crippen LogP contribution in [0.2, 0.25) is 0 Å². The second kappa shape index (κ2) is 7.13. The molecule has 2 atom stereocenters. The quantitative estimate of drug-likeness (QED) is 0.451. The van der Waals surface area contributed by atoms with Gasteiger partial charge in [0.2, 0.25) is 10.0 Å². The van der Waals surface area contributed by atoms with Crippen LogP contribution >= 0.6 is 11.3 Å². The van der Waals surface area contributed by atoms with Gasteiger partial charge in [0.1, 0.15) is 8.42 Å². The molecule has 1 aliphatic rings. The van der Waals surface area contributed by atoms with Gasteiger partial charge in [-0.1, -0.05) is 6.92 Å². The first-order valence-electron chi connectivity index (χ1n) is 7.17. The summed E-state index contributed by atoms with van der Waals surface area (Å²) in [6, 6.07) is 1.11. The van der Waals surface area contributed by atoms with Gasteiger partial charge in [-0.3, -0.25) is 0 Å². The molecule has 0 aliphatic carbocycles. The predicted molar refractivity (Wildman–Crippen MR) is 87.7 cm³/mol. The molecule has 0 aromatic carbocycles. The molecule has 5 N–H and O–H groups in total. The van der Waals surface area contributed by atoms with Crippen molar-refractivity contribution in [2.24, 2.45) is 5.14 Å². The van der Waals surface area contributed by atoms with Crippen LogP contribution in [0.4, 0.5) is 0 Å². The SMILES string of the molecule is CCNC1CC(CNCCO)S(=O)(=O)c2sc(S(N)(=O)=O)cc21. The summed E-state index contributed by atoms with van der Waals surface area (Å²) >= 11 is 0.704. The second-order valence-electron chi connectivity index (χ2n) is 5.29. The number of nitrogens with one attached hydrogen (secondary N) is 2. The van der Waals surface area contributed by atoms with Crippen molar-refractivity contribution >= 4 is 31.2 Å². The summed E-state index contributed by atoms with van der Waals surface area (Å²) in [7, 11) is -7.59. The Labute approximate surface area is 140 Å². The number of thiophene rings is 1. The van der Waals surface area contributed by atoms with Gasteiger partial charge in [-0.05, 0) is 19.0 Å². The maximum absolute atomic E-state index is 12.7. The van der Waals surface area contributed by atoms with Gasteiger partial charge in [0.25, 0.3) is 0 Å². The summed E-state index contributed by atoms with van der Waals surface area (Å²) < 4.78 is 48.5. The average Bonchev–Trinajstić information content (AvgIpc) is 2.90. The first-order chi connectivity index (χ1) is 10.7. The largest absolute Gasteiger partial charge is 0.395 e. The van der Waals surface area contributed by atoms with E-state index in [-0.39, 0.29) is 27.6 Å². The van der Waals surface area contributed by atoms with Gasteiger partial charge in [0.05, 0.1) is 11.9 Å². The first kappa shape index (κ1) is 18.8. The third-order valence-corrected chi connectivity index (χ3v) is 8.97. The van der Waals surface area contributed by atoms with Gasteiger partial charge < -0.3 is 15.7 Å². The molecule has 0 radical (unpaired) electrons. The fourth-order valence-electron chi connectivity index (χ4n) is 2.61. The van der Waals surface area contributed by atoms with E-state index in [9.17, 15) is 16.8 Å². The highest BCUT2D eigenvalue weighted by Crippen LogP contribution is 2.42. The van der Waals surface area contributed by atoms with Gasteiger partial charge in [-0.15, -0.1) is 11.3 Å². The molecule has 8 nitrogen and oxygen atoms in total. The normalized spacial score (nSPS) is 23.6. The maximum atomic E-state index is 12.7.